The van der Waals surface area contributed by atoms with Crippen LogP contribution in [0.2, 0.25) is 5.02 Å². The van der Waals surface area contributed by atoms with Crippen molar-refractivity contribution in [3.63, 3.8) is 0 Å². The van der Waals surface area contributed by atoms with Crippen LogP contribution in [0, 0.1) is 0 Å². The monoisotopic (exact) mass is 325 g/mol. The lowest BCUT2D eigenvalue weighted by Crippen LogP contribution is -2.41. The normalized spacial score (nSPS) is 14.9. The van der Waals surface area contributed by atoms with Crippen LogP contribution in [0.1, 0.15) is 38.1 Å². The molecule has 2 aromatic rings. The van der Waals surface area contributed by atoms with Crippen molar-refractivity contribution < 1.29 is 8.97 Å². The Morgan fingerprint density at radius 3 is 2.43 bits per heavy atom. The Morgan fingerprint density at radius 1 is 1.24 bits per heavy atom. The molecule has 5 heteroatoms. The van der Waals surface area contributed by atoms with E-state index in [2.05, 4.69) is 4.72 Å². The maximum atomic E-state index is 12.4. The van der Waals surface area contributed by atoms with Crippen LogP contribution in [-0.2, 0) is 17.8 Å². The summed E-state index contributed by atoms with van der Waals surface area (Å²) in [6.07, 6.45) is 2.32. The molecule has 0 radical (unpaired) electrons. The highest BCUT2D eigenvalue weighted by Crippen LogP contribution is 2.24. The average molecular weight is 326 g/mol. The lowest BCUT2D eigenvalue weighted by atomic mass is 10.1. The van der Waals surface area contributed by atoms with Crippen LogP contribution in [-0.4, -0.2) is 9.30 Å². The molecule has 2 rings (SSSR count). The summed E-state index contributed by atoms with van der Waals surface area (Å²) in [5.41, 5.74) is 1.11. The highest BCUT2D eigenvalue weighted by Gasteiger charge is 2.30. The minimum atomic E-state index is -1.17. The van der Waals surface area contributed by atoms with Crippen molar-refractivity contribution in [2.75, 3.05) is 0 Å². The van der Waals surface area contributed by atoms with E-state index in [0.29, 0.717) is 11.4 Å². The summed E-state index contributed by atoms with van der Waals surface area (Å²) in [4.78, 5) is 0. The molecule has 0 aliphatic heterocycles. The average Bonchev–Trinajstić information content (AvgIpc) is 2.93. The highest BCUT2D eigenvalue weighted by atomic mass is 35.5. The molecule has 0 aliphatic rings. The minimum Gasteiger partial charge on any atom is -0.598 e. The summed E-state index contributed by atoms with van der Waals surface area (Å²) in [7, 11) is 0. The number of rotatable bonds is 5. The van der Waals surface area contributed by atoms with Gasteiger partial charge in [0.15, 0.2) is 0 Å². The first-order valence-corrected chi connectivity index (χ1v) is 8.35. The molecular formula is C16H20ClNO2S. The van der Waals surface area contributed by atoms with Gasteiger partial charge in [0.25, 0.3) is 0 Å². The Bertz CT molecular complexity index is 549. The molecule has 0 saturated heterocycles. The fraction of sp³-hybridized carbons (Fsp3) is 0.375. The number of hydrogen-bond acceptors (Lipinski definition) is 3. The van der Waals surface area contributed by atoms with E-state index in [1.807, 2.05) is 57.2 Å². The molecule has 21 heavy (non-hydrogen) atoms. The van der Waals surface area contributed by atoms with E-state index in [4.69, 9.17) is 16.0 Å². The van der Waals surface area contributed by atoms with Gasteiger partial charge in [-0.3, -0.25) is 0 Å². The summed E-state index contributed by atoms with van der Waals surface area (Å²) in [5, 5.41) is 0.708. The van der Waals surface area contributed by atoms with E-state index in [-0.39, 0.29) is 10.8 Å². The summed E-state index contributed by atoms with van der Waals surface area (Å²) >= 11 is 4.74. The molecular weight excluding hydrogens is 306 g/mol. The van der Waals surface area contributed by atoms with Gasteiger partial charge in [-0.2, -0.15) is 0 Å². The predicted molar refractivity (Wildman–Crippen MR) is 87.6 cm³/mol. The molecule has 1 heterocycles. The molecule has 1 aromatic heterocycles. The van der Waals surface area contributed by atoms with Gasteiger partial charge >= 0.3 is 0 Å². The van der Waals surface area contributed by atoms with Crippen molar-refractivity contribution in [1.82, 2.24) is 4.72 Å². The topological polar surface area (TPSA) is 48.2 Å². The number of furan rings is 1. The third kappa shape index (κ3) is 4.78. The van der Waals surface area contributed by atoms with Crippen LogP contribution >= 0.6 is 11.6 Å². The van der Waals surface area contributed by atoms with Crippen LogP contribution in [0.25, 0.3) is 0 Å². The highest BCUT2D eigenvalue weighted by molar-refractivity contribution is 7.90. The van der Waals surface area contributed by atoms with Crippen LogP contribution in [0.15, 0.2) is 47.1 Å². The summed E-state index contributed by atoms with van der Waals surface area (Å²) in [6.45, 7) is 5.83. The van der Waals surface area contributed by atoms with Gasteiger partial charge in [0.2, 0.25) is 0 Å². The zero-order valence-corrected chi connectivity index (χ0v) is 14.0. The maximum absolute atomic E-state index is 12.4. The zero-order valence-electron chi connectivity index (χ0n) is 12.4. The van der Waals surface area contributed by atoms with Gasteiger partial charge in [-0.15, -0.1) is 4.72 Å². The fourth-order valence-electron chi connectivity index (χ4n) is 1.85. The number of nitrogens with one attached hydrogen (secondary N) is 1. The molecule has 3 nitrogen and oxygen atoms in total. The van der Waals surface area contributed by atoms with E-state index in [9.17, 15) is 4.55 Å². The van der Waals surface area contributed by atoms with E-state index >= 15 is 0 Å². The first-order valence-electron chi connectivity index (χ1n) is 6.82. The predicted octanol–water partition coefficient (Wildman–Crippen LogP) is 4.27. The maximum Gasteiger partial charge on any atom is 0.136 e. The Hall–Kier alpha value is -0.940. The van der Waals surface area contributed by atoms with Gasteiger partial charge in [-0.1, -0.05) is 23.7 Å². The van der Waals surface area contributed by atoms with Crippen LogP contribution in [0.5, 0.6) is 0 Å². The molecule has 1 unspecified atom stereocenters. The van der Waals surface area contributed by atoms with Crippen LogP contribution < -0.4 is 4.72 Å². The molecule has 0 spiro atoms. The molecule has 114 valence electrons. The van der Waals surface area contributed by atoms with Crippen molar-refractivity contribution in [1.29, 1.82) is 0 Å². The van der Waals surface area contributed by atoms with E-state index in [1.165, 1.54) is 0 Å². The lowest BCUT2D eigenvalue weighted by molar-refractivity contribution is 0.437. The van der Waals surface area contributed by atoms with Crippen molar-refractivity contribution in [2.45, 2.75) is 38.0 Å². The molecule has 0 bridgehead atoms. The van der Waals surface area contributed by atoms with Crippen molar-refractivity contribution in [2.24, 2.45) is 0 Å². The Kier molecular flexibility index (Phi) is 5.38. The summed E-state index contributed by atoms with van der Waals surface area (Å²) in [5.74, 6) is 0.780. The van der Waals surface area contributed by atoms with Gasteiger partial charge in [0.1, 0.15) is 16.5 Å². The number of halogens is 1. The van der Waals surface area contributed by atoms with Crippen LogP contribution in [0.3, 0.4) is 0 Å². The van der Waals surface area contributed by atoms with Crippen molar-refractivity contribution in [3.8, 4) is 0 Å². The summed E-state index contributed by atoms with van der Waals surface area (Å²) < 4.78 is 20.7. The minimum absolute atomic E-state index is 0.138. The second-order valence-corrected chi connectivity index (χ2v) is 8.33. The van der Waals surface area contributed by atoms with E-state index in [0.717, 1.165) is 11.3 Å². The molecule has 0 aliphatic carbocycles. The SMILES string of the molecule is CC(C)(C)[S@@+]([O-])NC(Cc1ccc(Cl)cc1)c1ccco1. The zero-order chi connectivity index (χ0) is 15.5. The van der Waals surface area contributed by atoms with Gasteiger partial charge in [0.05, 0.1) is 6.26 Å². The van der Waals surface area contributed by atoms with E-state index < -0.39 is 11.4 Å². The Balaban J connectivity index is 2.15. The Morgan fingerprint density at radius 2 is 1.90 bits per heavy atom. The first kappa shape index (κ1) is 16.4. The van der Waals surface area contributed by atoms with Gasteiger partial charge in [-0.25, -0.2) is 0 Å². The van der Waals surface area contributed by atoms with Crippen LogP contribution in [0.4, 0.5) is 0 Å². The molecule has 2 atom stereocenters. The van der Waals surface area contributed by atoms with Gasteiger partial charge in [0, 0.05) is 16.4 Å². The first-order chi connectivity index (χ1) is 9.86. The fourth-order valence-corrected chi connectivity index (χ4v) is 2.79. The molecule has 1 aromatic carbocycles. The number of hydrogen-bond donors (Lipinski definition) is 1. The molecule has 1 N–H and O–H groups in total. The largest absolute Gasteiger partial charge is 0.598 e. The third-order valence-electron chi connectivity index (χ3n) is 3.05. The lowest BCUT2D eigenvalue weighted by Gasteiger charge is -2.27. The smallest absolute Gasteiger partial charge is 0.136 e. The number of benzene rings is 1. The van der Waals surface area contributed by atoms with Crippen molar-refractivity contribution in [3.05, 3.63) is 59.0 Å². The Labute approximate surface area is 134 Å². The summed E-state index contributed by atoms with van der Waals surface area (Å²) in [6, 6.07) is 11.3. The second-order valence-electron chi connectivity index (χ2n) is 5.90. The van der Waals surface area contributed by atoms with Crippen molar-refractivity contribution >= 4 is 23.0 Å². The molecule has 0 fully saturated rings. The van der Waals surface area contributed by atoms with Gasteiger partial charge < -0.3 is 8.97 Å². The third-order valence-corrected chi connectivity index (χ3v) is 4.91. The molecule has 0 amide bonds. The quantitative estimate of drug-likeness (QED) is 0.835. The second kappa shape index (κ2) is 6.88. The standard InChI is InChI=1S/C16H20ClNO2S/c1-16(2,3)21(19)18-14(15-5-4-10-20-15)11-12-6-8-13(17)9-7-12/h4-10,14,18H,11H2,1-3H3/t14?,21-/m1/s1. The van der Waals surface area contributed by atoms with E-state index in [1.54, 1.807) is 6.26 Å². The molecule has 0 saturated carbocycles. The van der Waals surface area contributed by atoms with Gasteiger partial charge in [-0.05, 0) is 57.0 Å².